The summed E-state index contributed by atoms with van der Waals surface area (Å²) < 4.78 is 40.4. The minimum atomic E-state index is -4.68. The summed E-state index contributed by atoms with van der Waals surface area (Å²) in [6, 6.07) is 7.66. The van der Waals surface area contributed by atoms with Crippen LogP contribution in [0.5, 0.6) is 5.75 Å². The molecule has 3 rings (SSSR count). The zero-order valence-electron chi connectivity index (χ0n) is 10.7. The van der Waals surface area contributed by atoms with E-state index in [-0.39, 0.29) is 5.75 Å². The van der Waals surface area contributed by atoms with Gasteiger partial charge < -0.3 is 4.74 Å². The maximum Gasteiger partial charge on any atom is 0.573 e. The second-order valence-corrected chi connectivity index (χ2v) is 4.58. The second kappa shape index (κ2) is 4.52. The Labute approximate surface area is 113 Å². The molecule has 1 aliphatic heterocycles. The number of anilines is 1. The molecule has 106 valence electrons. The highest BCUT2D eigenvalue weighted by Crippen LogP contribution is 2.28. The van der Waals surface area contributed by atoms with E-state index in [9.17, 15) is 13.2 Å². The van der Waals surface area contributed by atoms with Gasteiger partial charge in [-0.25, -0.2) is 9.99 Å². The number of hydrogen-bond acceptors (Lipinski definition) is 4. The van der Waals surface area contributed by atoms with Gasteiger partial charge in [0.05, 0.1) is 12.1 Å². The highest BCUT2D eigenvalue weighted by molar-refractivity contribution is 5.81. The van der Waals surface area contributed by atoms with Crippen LogP contribution in [0.15, 0.2) is 30.3 Å². The quantitative estimate of drug-likeness (QED) is 0.847. The second-order valence-electron chi connectivity index (χ2n) is 4.58. The molecule has 20 heavy (non-hydrogen) atoms. The van der Waals surface area contributed by atoms with Crippen LogP contribution in [0.25, 0.3) is 10.9 Å². The Morgan fingerprint density at radius 2 is 1.95 bits per heavy atom. The Hall–Kier alpha value is -2.02. The number of fused-ring (bicyclic) bond motifs is 1. The fourth-order valence-corrected chi connectivity index (χ4v) is 2.12. The summed E-state index contributed by atoms with van der Waals surface area (Å²) in [6.45, 7) is 1.86. The van der Waals surface area contributed by atoms with Crippen LogP contribution in [-0.2, 0) is 0 Å². The molecular formula is C13H12F3N3O. The SMILES string of the molecule is CN1CCN1c1ccc2cc(OC(F)(F)F)ccc2n1. The van der Waals surface area contributed by atoms with E-state index >= 15 is 0 Å². The third-order valence-electron chi connectivity index (χ3n) is 3.19. The monoisotopic (exact) mass is 283 g/mol. The lowest BCUT2D eigenvalue weighted by Gasteiger charge is -2.42. The fraction of sp³-hybridized carbons (Fsp3) is 0.308. The average Bonchev–Trinajstić information content (AvgIpc) is 2.35. The van der Waals surface area contributed by atoms with Gasteiger partial charge in [-0.05, 0) is 30.3 Å². The molecule has 0 amide bonds. The number of pyridine rings is 1. The Balaban J connectivity index is 1.91. The van der Waals surface area contributed by atoms with Crippen molar-refractivity contribution in [2.24, 2.45) is 0 Å². The summed E-state index contributed by atoms with van der Waals surface area (Å²) >= 11 is 0. The van der Waals surface area contributed by atoms with Crippen LogP contribution < -0.4 is 9.75 Å². The first-order valence-electron chi connectivity index (χ1n) is 6.07. The first-order valence-corrected chi connectivity index (χ1v) is 6.07. The number of halogens is 3. The van der Waals surface area contributed by atoms with E-state index in [0.29, 0.717) is 10.9 Å². The number of hydrogen-bond donors (Lipinski definition) is 0. The number of aromatic nitrogens is 1. The van der Waals surface area contributed by atoms with E-state index in [4.69, 9.17) is 0 Å². The molecule has 0 spiro atoms. The Kier molecular flexibility index (Phi) is 2.93. The molecule has 7 heteroatoms. The predicted octanol–water partition coefficient (Wildman–Crippen LogP) is 2.80. The lowest BCUT2D eigenvalue weighted by molar-refractivity contribution is -0.274. The largest absolute Gasteiger partial charge is 0.573 e. The summed E-state index contributed by atoms with van der Waals surface area (Å²) in [7, 11) is 1.95. The van der Waals surface area contributed by atoms with Gasteiger partial charge >= 0.3 is 6.36 Å². The van der Waals surface area contributed by atoms with Crippen LogP contribution in [0, 0.1) is 0 Å². The van der Waals surface area contributed by atoms with Gasteiger partial charge in [0.1, 0.15) is 11.6 Å². The minimum Gasteiger partial charge on any atom is -0.406 e. The number of hydrazine groups is 1. The van der Waals surface area contributed by atoms with Gasteiger partial charge in [-0.15, -0.1) is 13.2 Å². The van der Waals surface area contributed by atoms with E-state index in [0.717, 1.165) is 18.9 Å². The molecule has 0 atom stereocenters. The van der Waals surface area contributed by atoms with Gasteiger partial charge in [0.15, 0.2) is 0 Å². The van der Waals surface area contributed by atoms with Crippen LogP contribution in [0.3, 0.4) is 0 Å². The molecule has 1 saturated heterocycles. The van der Waals surface area contributed by atoms with E-state index in [1.807, 2.05) is 17.1 Å². The van der Waals surface area contributed by atoms with Crippen molar-refractivity contribution >= 4 is 16.7 Å². The van der Waals surface area contributed by atoms with Crippen LogP contribution in [0.2, 0.25) is 0 Å². The van der Waals surface area contributed by atoms with E-state index in [1.54, 1.807) is 12.1 Å². The number of likely N-dealkylation sites (N-methyl/N-ethyl adjacent to an activating group) is 1. The smallest absolute Gasteiger partial charge is 0.406 e. The topological polar surface area (TPSA) is 28.6 Å². The van der Waals surface area contributed by atoms with Crippen LogP contribution >= 0.6 is 0 Å². The van der Waals surface area contributed by atoms with Gasteiger partial charge in [-0.1, -0.05) is 0 Å². The Morgan fingerprint density at radius 3 is 2.55 bits per heavy atom. The van der Waals surface area contributed by atoms with Crippen molar-refractivity contribution in [3.05, 3.63) is 30.3 Å². The van der Waals surface area contributed by atoms with E-state index in [2.05, 4.69) is 9.72 Å². The van der Waals surface area contributed by atoms with Crippen molar-refractivity contribution in [3.63, 3.8) is 0 Å². The predicted molar refractivity (Wildman–Crippen MR) is 68.4 cm³/mol. The number of nitrogens with zero attached hydrogens (tertiary/aromatic N) is 3. The van der Waals surface area contributed by atoms with Crippen LogP contribution in [-0.4, -0.2) is 36.5 Å². The molecule has 1 aromatic heterocycles. The highest BCUT2D eigenvalue weighted by Gasteiger charge is 2.31. The first kappa shape index (κ1) is 13.0. The molecular weight excluding hydrogens is 271 g/mol. The fourth-order valence-electron chi connectivity index (χ4n) is 2.12. The molecule has 4 nitrogen and oxygen atoms in total. The van der Waals surface area contributed by atoms with E-state index in [1.165, 1.54) is 18.2 Å². The standard InChI is InChI=1S/C13H12F3N3O/c1-18-6-7-19(18)12-5-2-9-8-10(20-13(14,15)16)3-4-11(9)17-12/h2-5,8H,6-7H2,1H3. The Morgan fingerprint density at radius 1 is 1.15 bits per heavy atom. The third-order valence-corrected chi connectivity index (χ3v) is 3.19. The highest BCUT2D eigenvalue weighted by atomic mass is 19.4. The lowest BCUT2D eigenvalue weighted by atomic mass is 10.2. The zero-order chi connectivity index (χ0) is 14.3. The van der Waals surface area contributed by atoms with Crippen molar-refractivity contribution in [1.82, 2.24) is 9.99 Å². The summed E-state index contributed by atoms with van der Waals surface area (Å²) in [5.41, 5.74) is 0.636. The van der Waals surface area contributed by atoms with Crippen molar-refractivity contribution in [2.45, 2.75) is 6.36 Å². The molecule has 1 aromatic carbocycles. The Bertz CT molecular complexity index is 644. The van der Waals surface area contributed by atoms with Crippen molar-refractivity contribution in [3.8, 4) is 5.75 Å². The molecule has 0 N–H and O–H groups in total. The molecule has 0 bridgehead atoms. The third kappa shape index (κ3) is 2.49. The van der Waals surface area contributed by atoms with Gasteiger partial charge in [-0.3, -0.25) is 5.01 Å². The molecule has 0 unspecified atom stereocenters. The summed E-state index contributed by atoms with van der Waals surface area (Å²) in [5, 5.41) is 4.63. The molecule has 0 saturated carbocycles. The number of alkyl halides is 3. The van der Waals surface area contributed by atoms with E-state index < -0.39 is 6.36 Å². The number of ether oxygens (including phenoxy) is 1. The summed E-state index contributed by atoms with van der Waals surface area (Å²) in [5.74, 6) is 0.552. The maximum atomic E-state index is 12.2. The van der Waals surface area contributed by atoms with Crippen LogP contribution in [0.4, 0.5) is 19.0 Å². The number of rotatable bonds is 2. The first-order chi connectivity index (χ1) is 9.42. The number of benzene rings is 1. The zero-order valence-corrected chi connectivity index (χ0v) is 10.7. The normalized spacial score (nSPS) is 16.3. The molecule has 0 radical (unpaired) electrons. The molecule has 2 aromatic rings. The minimum absolute atomic E-state index is 0.236. The molecule has 1 fully saturated rings. The average molecular weight is 283 g/mol. The molecule has 1 aliphatic rings. The maximum absolute atomic E-state index is 12.2. The van der Waals surface area contributed by atoms with Crippen molar-refractivity contribution < 1.29 is 17.9 Å². The summed E-state index contributed by atoms with van der Waals surface area (Å²) in [4.78, 5) is 4.43. The summed E-state index contributed by atoms with van der Waals surface area (Å²) in [6.07, 6.45) is -4.68. The van der Waals surface area contributed by atoms with Gasteiger partial charge in [0.25, 0.3) is 0 Å². The van der Waals surface area contributed by atoms with Gasteiger partial charge in [0.2, 0.25) is 0 Å². The molecule has 2 heterocycles. The van der Waals surface area contributed by atoms with Crippen LogP contribution in [0.1, 0.15) is 0 Å². The lowest BCUT2D eigenvalue weighted by Crippen LogP contribution is -2.55. The van der Waals surface area contributed by atoms with Crippen molar-refractivity contribution in [1.29, 1.82) is 0 Å². The molecule has 0 aliphatic carbocycles. The van der Waals surface area contributed by atoms with Gasteiger partial charge in [0, 0.05) is 19.0 Å². The van der Waals surface area contributed by atoms with Gasteiger partial charge in [-0.2, -0.15) is 0 Å². The van der Waals surface area contributed by atoms with Crippen molar-refractivity contribution in [2.75, 3.05) is 25.1 Å².